The Hall–Kier alpha value is -0.783. The Morgan fingerprint density at radius 1 is 0.690 bits per heavy atom. The molecule has 0 aromatic carbocycles. The van der Waals surface area contributed by atoms with Gasteiger partial charge in [-0.2, -0.15) is 0 Å². The van der Waals surface area contributed by atoms with E-state index >= 15 is 0 Å². The van der Waals surface area contributed by atoms with E-state index in [1.807, 2.05) is 48.5 Å². The van der Waals surface area contributed by atoms with Gasteiger partial charge in [-0.25, -0.2) is 0 Å². The molecule has 9 heteroatoms. The molecule has 156 valence electrons. The van der Waals surface area contributed by atoms with Crippen LogP contribution in [0.25, 0.3) is 0 Å². The lowest BCUT2D eigenvalue weighted by molar-refractivity contribution is 0.593. The van der Waals surface area contributed by atoms with E-state index < -0.39 is 20.8 Å². The van der Waals surface area contributed by atoms with Crippen molar-refractivity contribution in [1.82, 2.24) is 0 Å². The van der Waals surface area contributed by atoms with Crippen molar-refractivity contribution in [3.8, 4) is 0 Å². The van der Waals surface area contributed by atoms with E-state index in [0.29, 0.717) is 0 Å². The molecule has 0 aliphatic carbocycles. The summed E-state index contributed by atoms with van der Waals surface area (Å²) in [5, 5.41) is 0. The van der Waals surface area contributed by atoms with Crippen molar-refractivity contribution in [1.29, 1.82) is 0 Å². The summed E-state index contributed by atoms with van der Waals surface area (Å²) >= 11 is 8.61. The minimum absolute atomic E-state index is 0.430. The monoisotopic (exact) mass is 580 g/mol. The van der Waals surface area contributed by atoms with Crippen LogP contribution < -0.4 is 22.0 Å². The fourth-order valence-corrected chi connectivity index (χ4v) is 4.71. The third-order valence-electron chi connectivity index (χ3n) is 3.07. The number of hydrogen-bond acceptors (Lipinski definition) is 4. The Balaban J connectivity index is 0.000000170. The van der Waals surface area contributed by atoms with Crippen LogP contribution in [0.2, 0.25) is 19.6 Å². The largest absolute Gasteiger partial charge is 0.464 e. The van der Waals surface area contributed by atoms with Crippen LogP contribution in [0, 0.1) is 0 Å². The molecule has 0 spiro atoms. The lowest BCUT2D eigenvalue weighted by Crippen LogP contribution is -2.05. The number of hydrogen-bond donors (Lipinski definition) is 0. The van der Waals surface area contributed by atoms with E-state index in [2.05, 4.69) is 48.1 Å². The highest BCUT2D eigenvalue weighted by Crippen LogP contribution is 2.38. The Labute approximate surface area is 192 Å². The summed E-state index contributed by atoms with van der Waals surface area (Å²) in [5.41, 5.74) is 2.89. The molecule has 29 heavy (non-hydrogen) atoms. The van der Waals surface area contributed by atoms with Crippen LogP contribution in [-0.4, -0.2) is 12.2 Å². The fraction of sp³-hybridized carbons (Fsp3) is 0.200. The second-order valence-corrected chi connectivity index (χ2v) is 25.0. The van der Waals surface area contributed by atoms with Crippen LogP contribution in [0.1, 0.15) is 0 Å². The molecule has 0 radical (unpaired) electrons. The van der Waals surface area contributed by atoms with E-state index in [4.69, 9.17) is 28.9 Å². The topological polar surface area (TPSA) is 52.6 Å². The highest BCUT2D eigenvalue weighted by Gasteiger charge is 2.15. The molecule has 0 atom stereocenters. The number of halogens is 2. The van der Waals surface area contributed by atoms with Crippen molar-refractivity contribution in [2.24, 2.45) is 0 Å². The van der Waals surface area contributed by atoms with Gasteiger partial charge in [0.1, 0.15) is 34.9 Å². The molecule has 0 bridgehead atoms. The Morgan fingerprint density at radius 2 is 0.966 bits per heavy atom. The van der Waals surface area contributed by atoms with Crippen LogP contribution in [0.5, 0.6) is 0 Å². The second kappa shape index (κ2) is 12.2. The first kappa shape index (κ1) is 24.5. The summed E-state index contributed by atoms with van der Waals surface area (Å²) in [7, 11) is -1.39. The maximum absolute atomic E-state index is 6.09. The summed E-state index contributed by atoms with van der Waals surface area (Å²) < 4.78 is 20.9. The van der Waals surface area contributed by atoms with Gasteiger partial charge in [-0.3, -0.25) is 0 Å². The molecule has 0 N–H and O–H groups in total. The molecule has 0 unspecified atom stereocenters. The highest BCUT2D eigenvalue weighted by atomic mass is 127. The van der Waals surface area contributed by atoms with Gasteiger partial charge in [0.2, 0.25) is 0 Å². The van der Waals surface area contributed by atoms with Crippen molar-refractivity contribution in [3.05, 3.63) is 73.6 Å². The summed E-state index contributed by atoms with van der Waals surface area (Å²) in [6.45, 7) is 9.06. The lowest BCUT2D eigenvalue weighted by atomic mass is 10.7. The molecule has 4 aromatic heterocycles. The van der Waals surface area contributed by atoms with E-state index in [1.165, 1.54) is 0 Å². The number of furan rings is 4. The first-order valence-corrected chi connectivity index (χ1v) is 19.4. The minimum Gasteiger partial charge on any atom is -0.464 e. The molecule has 0 aliphatic rings. The van der Waals surface area contributed by atoms with Crippen LogP contribution in [0.15, 0.2) is 91.3 Å². The van der Waals surface area contributed by atoms with Gasteiger partial charge in [0, 0.05) is 7.92 Å². The predicted molar refractivity (Wildman–Crippen MR) is 136 cm³/mol. The Kier molecular flexibility index (Phi) is 10.3. The normalized spacial score (nSPS) is 11.0. The standard InChI is InChI=1S/C9H9O2P.C8H6ClO2P.C3H9ISi/c1-12(8-4-2-6-10-8)9-5-3-7-11-9;9-12(7-3-1-5-10-7)8-4-2-6-11-8;1-5(2,3)4/h2-7H,1H3;1-6H;1-3H3. The summed E-state index contributed by atoms with van der Waals surface area (Å²) in [6.07, 6.45) is 6.60. The molecule has 0 saturated carbocycles. The lowest BCUT2D eigenvalue weighted by Gasteiger charge is -2.03. The molecular weight excluding hydrogens is 557 g/mol. The summed E-state index contributed by atoms with van der Waals surface area (Å²) in [4.78, 5) is 0. The van der Waals surface area contributed by atoms with Gasteiger partial charge in [0.25, 0.3) is 0 Å². The minimum atomic E-state index is -0.958. The van der Waals surface area contributed by atoms with Gasteiger partial charge in [0.05, 0.1) is 25.1 Å². The van der Waals surface area contributed by atoms with E-state index in [9.17, 15) is 0 Å². The zero-order valence-electron chi connectivity index (χ0n) is 16.7. The van der Waals surface area contributed by atoms with Crippen molar-refractivity contribution in [3.63, 3.8) is 0 Å². The molecule has 4 nitrogen and oxygen atoms in total. The molecule has 4 aromatic rings. The zero-order valence-corrected chi connectivity index (χ0v) is 22.4. The first-order valence-electron chi connectivity index (χ1n) is 8.78. The third-order valence-corrected chi connectivity index (χ3v) is 7.19. The molecule has 0 fully saturated rings. The van der Waals surface area contributed by atoms with Crippen molar-refractivity contribution >= 4 is 75.8 Å². The van der Waals surface area contributed by atoms with Crippen LogP contribution in [0.3, 0.4) is 0 Å². The predicted octanol–water partition coefficient (Wildman–Crippen LogP) is 6.65. The van der Waals surface area contributed by atoms with Crippen molar-refractivity contribution < 1.29 is 17.7 Å². The van der Waals surface area contributed by atoms with Gasteiger partial charge in [0.15, 0.2) is 0 Å². The van der Waals surface area contributed by atoms with E-state index in [1.54, 1.807) is 25.1 Å². The highest BCUT2D eigenvalue weighted by molar-refractivity contribution is 14.1. The van der Waals surface area contributed by atoms with Gasteiger partial charge >= 0.3 is 0 Å². The van der Waals surface area contributed by atoms with E-state index in [0.717, 1.165) is 22.0 Å². The van der Waals surface area contributed by atoms with Crippen molar-refractivity contribution in [2.45, 2.75) is 19.6 Å². The summed E-state index contributed by atoms with van der Waals surface area (Å²) in [5.74, 6) is 0. The maximum atomic E-state index is 6.09. The molecule has 0 amide bonds. The zero-order chi connectivity index (χ0) is 21.3. The average Bonchev–Trinajstić information content (AvgIpc) is 3.48. The molecule has 4 rings (SSSR count). The van der Waals surface area contributed by atoms with Crippen LogP contribution in [-0.2, 0) is 0 Å². The fourth-order valence-electron chi connectivity index (χ4n) is 1.90. The van der Waals surface area contributed by atoms with Gasteiger partial charge in [-0.15, -0.1) is 21.8 Å². The quantitative estimate of drug-likeness (QED) is 0.117. The van der Waals surface area contributed by atoms with Gasteiger partial charge < -0.3 is 17.7 Å². The van der Waals surface area contributed by atoms with Crippen LogP contribution >= 0.6 is 48.2 Å². The average molecular weight is 581 g/mol. The van der Waals surface area contributed by atoms with Gasteiger partial charge in [-0.05, 0) is 55.2 Å². The second-order valence-electron chi connectivity index (χ2n) is 6.71. The first-order chi connectivity index (χ1) is 13.8. The molecule has 0 saturated heterocycles. The smallest absolute Gasteiger partial charge is 0.148 e. The molecule has 0 aliphatic heterocycles. The number of rotatable bonds is 4. The Bertz CT molecular complexity index is 744. The Morgan fingerprint density at radius 3 is 1.21 bits per heavy atom. The summed E-state index contributed by atoms with van der Waals surface area (Å²) in [6, 6.07) is 15.1. The SMILES string of the molecule is CP(c1ccco1)c1ccco1.C[Si](C)(C)I.ClP(c1ccco1)c1ccco1. The van der Waals surface area contributed by atoms with Gasteiger partial charge in [-0.1, -0.05) is 30.9 Å². The van der Waals surface area contributed by atoms with E-state index in [-0.39, 0.29) is 0 Å². The molecular formula is C20H24ClIO4P2Si. The third kappa shape index (κ3) is 9.27. The van der Waals surface area contributed by atoms with Crippen LogP contribution in [0.4, 0.5) is 0 Å². The maximum Gasteiger partial charge on any atom is 0.148 e. The molecule has 4 heterocycles. The van der Waals surface area contributed by atoms with Crippen molar-refractivity contribution in [2.75, 3.05) is 6.66 Å².